The second kappa shape index (κ2) is 10.5. The first-order valence-corrected chi connectivity index (χ1v) is 12.2. The van der Waals surface area contributed by atoms with Gasteiger partial charge in [-0.15, -0.1) is 11.3 Å². The Kier molecular flexibility index (Phi) is 7.49. The Labute approximate surface area is 205 Å². The molecule has 0 radical (unpaired) electrons. The number of rotatable bonds is 6. The molecule has 0 spiro atoms. The zero-order chi connectivity index (χ0) is 24.1. The molecule has 34 heavy (non-hydrogen) atoms. The van der Waals surface area contributed by atoms with Gasteiger partial charge < -0.3 is 20.2 Å². The quantitative estimate of drug-likeness (QED) is 0.280. The van der Waals surface area contributed by atoms with E-state index in [9.17, 15) is 5.11 Å². The lowest BCUT2D eigenvalue weighted by Gasteiger charge is -2.27. The number of likely N-dealkylation sites (tertiary alicyclic amines) is 1. The van der Waals surface area contributed by atoms with E-state index in [0.717, 1.165) is 34.8 Å². The number of pyridine rings is 1. The number of nitrogens with zero attached hydrogens (tertiary/aromatic N) is 3. The van der Waals surface area contributed by atoms with Crippen LogP contribution in [0.5, 0.6) is 5.75 Å². The molecule has 1 saturated heterocycles. The van der Waals surface area contributed by atoms with Crippen LogP contribution in [0.1, 0.15) is 48.6 Å². The third-order valence-corrected chi connectivity index (χ3v) is 6.92. The van der Waals surface area contributed by atoms with E-state index < -0.39 is 5.60 Å². The average Bonchev–Trinajstić information content (AvgIpc) is 3.32. The summed E-state index contributed by atoms with van der Waals surface area (Å²) in [5, 5.41) is 10.8. The van der Waals surface area contributed by atoms with Crippen LogP contribution in [-0.4, -0.2) is 45.7 Å². The SMILES string of the molecule is CN1CCC(c2cnc(-c3cnc(NN)c(OCc4cccc(C#CC(C)(C)O)c4)c3)s2)CC1. The van der Waals surface area contributed by atoms with Gasteiger partial charge in [-0.3, -0.25) is 0 Å². The highest BCUT2D eigenvalue weighted by Crippen LogP contribution is 2.36. The first-order chi connectivity index (χ1) is 16.3. The van der Waals surface area contributed by atoms with Crippen molar-refractivity contribution in [1.82, 2.24) is 14.9 Å². The van der Waals surface area contributed by atoms with Crippen molar-refractivity contribution >= 4 is 17.2 Å². The van der Waals surface area contributed by atoms with Gasteiger partial charge in [-0.2, -0.15) is 0 Å². The number of hydrazine groups is 1. The summed E-state index contributed by atoms with van der Waals surface area (Å²) in [6.07, 6.45) is 6.11. The number of benzene rings is 1. The fourth-order valence-electron chi connectivity index (χ4n) is 3.81. The normalized spacial score (nSPS) is 15.0. The van der Waals surface area contributed by atoms with Crippen LogP contribution in [0.4, 0.5) is 5.82 Å². The molecule has 0 atom stereocenters. The van der Waals surface area contributed by atoms with Gasteiger partial charge in [0, 0.05) is 28.4 Å². The van der Waals surface area contributed by atoms with Gasteiger partial charge in [0.05, 0.1) is 0 Å². The summed E-state index contributed by atoms with van der Waals surface area (Å²) in [5.41, 5.74) is 4.25. The summed E-state index contributed by atoms with van der Waals surface area (Å²) in [4.78, 5) is 12.8. The molecule has 0 amide bonds. The lowest BCUT2D eigenvalue weighted by molar-refractivity contribution is 0.143. The molecular formula is C26H31N5O2S. The van der Waals surface area contributed by atoms with E-state index in [4.69, 9.17) is 10.6 Å². The summed E-state index contributed by atoms with van der Waals surface area (Å²) in [6, 6.07) is 9.67. The Balaban J connectivity index is 1.49. The van der Waals surface area contributed by atoms with Crippen LogP contribution in [0.15, 0.2) is 42.7 Å². The van der Waals surface area contributed by atoms with E-state index >= 15 is 0 Å². The number of ether oxygens (including phenoxy) is 1. The van der Waals surface area contributed by atoms with E-state index in [-0.39, 0.29) is 0 Å². The molecule has 1 aliphatic heterocycles. The molecule has 2 aromatic heterocycles. The monoisotopic (exact) mass is 477 g/mol. The predicted octanol–water partition coefficient (Wildman–Crippen LogP) is 4.00. The van der Waals surface area contributed by atoms with Crippen molar-refractivity contribution in [3.05, 3.63) is 58.7 Å². The maximum atomic E-state index is 9.83. The molecule has 1 aliphatic rings. The summed E-state index contributed by atoms with van der Waals surface area (Å²) in [6.45, 7) is 5.90. The van der Waals surface area contributed by atoms with Crippen molar-refractivity contribution < 1.29 is 9.84 Å². The molecule has 0 bridgehead atoms. The smallest absolute Gasteiger partial charge is 0.183 e. The summed E-state index contributed by atoms with van der Waals surface area (Å²) >= 11 is 1.73. The van der Waals surface area contributed by atoms with Gasteiger partial charge in [0.2, 0.25) is 0 Å². The maximum absolute atomic E-state index is 9.83. The van der Waals surface area contributed by atoms with Crippen molar-refractivity contribution in [2.24, 2.45) is 5.84 Å². The lowest BCUT2D eigenvalue weighted by Crippen LogP contribution is -2.28. The molecule has 0 unspecified atom stereocenters. The first-order valence-electron chi connectivity index (χ1n) is 11.4. The Bertz CT molecular complexity index is 1180. The van der Waals surface area contributed by atoms with Gasteiger partial charge in [0.25, 0.3) is 0 Å². The average molecular weight is 478 g/mol. The van der Waals surface area contributed by atoms with E-state index in [2.05, 4.69) is 39.2 Å². The molecule has 4 N–H and O–H groups in total. The number of thiazole rings is 1. The molecule has 178 valence electrons. The van der Waals surface area contributed by atoms with Crippen LogP contribution in [0.2, 0.25) is 0 Å². The topological polar surface area (TPSA) is 96.5 Å². The number of nitrogen functional groups attached to an aromatic ring is 1. The Hall–Kier alpha value is -2.96. The molecule has 8 heteroatoms. The minimum atomic E-state index is -1.04. The van der Waals surface area contributed by atoms with Gasteiger partial charge in [0.1, 0.15) is 17.2 Å². The fourth-order valence-corrected chi connectivity index (χ4v) is 4.87. The van der Waals surface area contributed by atoms with Crippen LogP contribution in [0.3, 0.4) is 0 Å². The highest BCUT2D eigenvalue weighted by molar-refractivity contribution is 7.15. The zero-order valence-corrected chi connectivity index (χ0v) is 20.7. The number of hydrogen-bond acceptors (Lipinski definition) is 8. The van der Waals surface area contributed by atoms with E-state index in [1.807, 2.05) is 36.5 Å². The number of aromatic nitrogens is 2. The predicted molar refractivity (Wildman–Crippen MR) is 137 cm³/mol. The highest BCUT2D eigenvalue weighted by atomic mass is 32.1. The Morgan fingerprint density at radius 2 is 2.03 bits per heavy atom. The van der Waals surface area contributed by atoms with E-state index in [1.165, 1.54) is 17.7 Å². The van der Waals surface area contributed by atoms with Crippen molar-refractivity contribution in [1.29, 1.82) is 0 Å². The van der Waals surface area contributed by atoms with Crippen LogP contribution < -0.4 is 16.0 Å². The van der Waals surface area contributed by atoms with E-state index in [0.29, 0.717) is 24.1 Å². The standard InChI is InChI=1S/C26H31N5O2S/c1-26(2,32)10-7-18-5-4-6-19(13-18)17-33-22-14-21(15-28-24(22)30-27)25-29-16-23(34-25)20-8-11-31(3)12-9-20/h4-6,13-16,20,32H,8-9,11-12,17,27H2,1-3H3,(H,28,30). The second-order valence-corrected chi connectivity index (χ2v) is 10.2. The van der Waals surface area contributed by atoms with Crippen molar-refractivity contribution in [3.63, 3.8) is 0 Å². The largest absolute Gasteiger partial charge is 0.485 e. The zero-order valence-electron chi connectivity index (χ0n) is 19.8. The molecule has 0 saturated carbocycles. The van der Waals surface area contributed by atoms with Gasteiger partial charge in [-0.05, 0) is 76.5 Å². The van der Waals surface area contributed by atoms with Crippen molar-refractivity contribution in [3.8, 4) is 28.2 Å². The van der Waals surface area contributed by atoms with Gasteiger partial charge in [-0.1, -0.05) is 24.0 Å². The van der Waals surface area contributed by atoms with Crippen LogP contribution in [0.25, 0.3) is 10.6 Å². The molecular weight excluding hydrogens is 446 g/mol. The van der Waals surface area contributed by atoms with Gasteiger partial charge in [-0.25, -0.2) is 15.8 Å². The third kappa shape index (κ3) is 6.33. The summed E-state index contributed by atoms with van der Waals surface area (Å²) < 4.78 is 6.08. The van der Waals surface area contributed by atoms with Gasteiger partial charge in [0.15, 0.2) is 11.6 Å². The second-order valence-electron chi connectivity index (χ2n) is 9.16. The maximum Gasteiger partial charge on any atom is 0.183 e. The van der Waals surface area contributed by atoms with Crippen LogP contribution >= 0.6 is 11.3 Å². The number of nitrogens with one attached hydrogen (secondary N) is 1. The Morgan fingerprint density at radius 3 is 2.76 bits per heavy atom. The molecule has 3 heterocycles. The van der Waals surface area contributed by atoms with Crippen molar-refractivity contribution in [2.75, 3.05) is 25.6 Å². The third-order valence-electron chi connectivity index (χ3n) is 5.71. The Morgan fingerprint density at radius 1 is 1.24 bits per heavy atom. The van der Waals surface area contributed by atoms with E-state index in [1.54, 1.807) is 31.4 Å². The van der Waals surface area contributed by atoms with Gasteiger partial charge >= 0.3 is 0 Å². The van der Waals surface area contributed by atoms with Crippen LogP contribution in [-0.2, 0) is 6.61 Å². The summed E-state index contributed by atoms with van der Waals surface area (Å²) in [7, 11) is 2.17. The van der Waals surface area contributed by atoms with Crippen molar-refractivity contribution in [2.45, 2.75) is 44.8 Å². The number of piperidine rings is 1. The van der Waals surface area contributed by atoms with Crippen LogP contribution in [0, 0.1) is 11.8 Å². The molecule has 7 nitrogen and oxygen atoms in total. The number of anilines is 1. The summed E-state index contributed by atoms with van der Waals surface area (Å²) in [5.74, 6) is 13.1. The first kappa shape index (κ1) is 24.2. The fraction of sp³-hybridized carbons (Fsp3) is 0.385. The molecule has 0 aliphatic carbocycles. The number of nitrogens with two attached hydrogens (primary N) is 1. The number of hydrogen-bond donors (Lipinski definition) is 3. The highest BCUT2D eigenvalue weighted by Gasteiger charge is 2.21. The molecule has 1 fully saturated rings. The number of aliphatic hydroxyl groups is 1. The molecule has 1 aromatic carbocycles. The molecule has 3 aromatic rings. The lowest BCUT2D eigenvalue weighted by atomic mass is 9.96. The minimum absolute atomic E-state index is 0.330. The molecule has 4 rings (SSSR count). The minimum Gasteiger partial charge on any atom is -0.485 e.